The largest absolute Gasteiger partial charge is 0.497 e. The van der Waals surface area contributed by atoms with Gasteiger partial charge in [-0.2, -0.15) is 0 Å². The molecule has 1 aromatic carbocycles. The van der Waals surface area contributed by atoms with Crippen molar-refractivity contribution in [1.82, 2.24) is 9.88 Å². The van der Waals surface area contributed by atoms with Crippen molar-refractivity contribution in [1.29, 1.82) is 0 Å². The van der Waals surface area contributed by atoms with Crippen molar-refractivity contribution in [3.05, 3.63) is 53.9 Å². The molecule has 120 valence electrons. The van der Waals surface area contributed by atoms with Crippen LogP contribution in [0.5, 0.6) is 11.5 Å². The smallest absolute Gasteiger partial charge is 0.255 e. The average molecular weight is 312 g/mol. The summed E-state index contributed by atoms with van der Waals surface area (Å²) in [4.78, 5) is 18.4. The van der Waals surface area contributed by atoms with Gasteiger partial charge in [0, 0.05) is 37.0 Å². The van der Waals surface area contributed by atoms with E-state index in [0.717, 1.165) is 30.0 Å². The average Bonchev–Trinajstić information content (AvgIpc) is 3.11. The van der Waals surface area contributed by atoms with Crippen molar-refractivity contribution in [2.45, 2.75) is 12.3 Å². The number of rotatable bonds is 4. The lowest BCUT2D eigenvalue weighted by atomic mass is 9.97. The normalized spacial score (nSPS) is 17.1. The number of hydrogen-bond acceptors (Lipinski definition) is 4. The van der Waals surface area contributed by atoms with Crippen LogP contribution < -0.4 is 9.47 Å². The van der Waals surface area contributed by atoms with Gasteiger partial charge in [-0.3, -0.25) is 9.78 Å². The standard InChI is InChI=1S/C18H20N2O3/c1-22-15-5-6-17(23-2)16(10-15)14-7-9-20(12-14)18(21)13-4-3-8-19-11-13/h3-6,8,10-11,14H,7,9,12H2,1-2H3/t14-/m1/s1. The van der Waals surface area contributed by atoms with Gasteiger partial charge in [-0.25, -0.2) is 0 Å². The second-order valence-electron chi connectivity index (χ2n) is 5.59. The molecule has 1 aliphatic heterocycles. The molecule has 5 nitrogen and oxygen atoms in total. The first kappa shape index (κ1) is 15.3. The van der Waals surface area contributed by atoms with Crippen molar-refractivity contribution in [2.24, 2.45) is 0 Å². The molecule has 23 heavy (non-hydrogen) atoms. The van der Waals surface area contributed by atoms with Crippen LogP contribution in [0.1, 0.15) is 28.3 Å². The maximum absolute atomic E-state index is 12.5. The molecular formula is C18H20N2O3. The SMILES string of the molecule is COc1ccc(OC)c([C@@H]2CCN(C(=O)c3cccnc3)C2)c1. The molecule has 3 rings (SSSR count). The van der Waals surface area contributed by atoms with Crippen molar-refractivity contribution >= 4 is 5.91 Å². The molecule has 0 aliphatic carbocycles. The molecule has 0 unspecified atom stereocenters. The van der Waals surface area contributed by atoms with E-state index < -0.39 is 0 Å². The lowest BCUT2D eigenvalue weighted by Gasteiger charge is -2.18. The van der Waals surface area contributed by atoms with Crippen LogP contribution in [-0.2, 0) is 0 Å². The Kier molecular flexibility index (Phi) is 4.46. The number of likely N-dealkylation sites (tertiary alicyclic amines) is 1. The Labute approximate surface area is 135 Å². The molecule has 1 aromatic heterocycles. The van der Waals surface area contributed by atoms with Crippen LogP contribution in [0.4, 0.5) is 0 Å². The van der Waals surface area contributed by atoms with Crippen molar-refractivity contribution in [3.63, 3.8) is 0 Å². The third-order valence-electron chi connectivity index (χ3n) is 4.26. The van der Waals surface area contributed by atoms with E-state index in [1.54, 1.807) is 38.7 Å². The van der Waals surface area contributed by atoms with Gasteiger partial charge < -0.3 is 14.4 Å². The molecule has 1 atom stereocenters. The van der Waals surface area contributed by atoms with Gasteiger partial charge in [-0.05, 0) is 36.8 Å². The topological polar surface area (TPSA) is 51.7 Å². The number of aromatic nitrogens is 1. The van der Waals surface area contributed by atoms with Gasteiger partial charge in [-0.1, -0.05) is 0 Å². The Hall–Kier alpha value is -2.56. The van der Waals surface area contributed by atoms with Crippen molar-refractivity contribution < 1.29 is 14.3 Å². The first-order valence-electron chi connectivity index (χ1n) is 7.64. The number of pyridine rings is 1. The zero-order valence-electron chi connectivity index (χ0n) is 13.4. The molecular weight excluding hydrogens is 292 g/mol. The van der Waals surface area contributed by atoms with Crippen molar-refractivity contribution in [2.75, 3.05) is 27.3 Å². The predicted octanol–water partition coefficient (Wildman–Crippen LogP) is 2.73. The van der Waals surface area contributed by atoms with E-state index in [9.17, 15) is 4.79 Å². The minimum atomic E-state index is 0.0301. The fourth-order valence-electron chi connectivity index (χ4n) is 3.03. The fourth-order valence-corrected chi connectivity index (χ4v) is 3.03. The highest BCUT2D eigenvalue weighted by atomic mass is 16.5. The second-order valence-corrected chi connectivity index (χ2v) is 5.59. The number of carbonyl (C=O) groups excluding carboxylic acids is 1. The van der Waals surface area contributed by atoms with Crippen LogP contribution in [0.15, 0.2) is 42.7 Å². The highest BCUT2D eigenvalue weighted by Crippen LogP contribution is 2.36. The number of amides is 1. The summed E-state index contributed by atoms with van der Waals surface area (Å²) in [5, 5.41) is 0. The van der Waals surface area contributed by atoms with E-state index in [-0.39, 0.29) is 11.8 Å². The molecule has 1 amide bonds. The summed E-state index contributed by atoms with van der Waals surface area (Å²) >= 11 is 0. The second kappa shape index (κ2) is 6.69. The van der Waals surface area contributed by atoms with Gasteiger partial charge in [0.2, 0.25) is 0 Å². The summed E-state index contributed by atoms with van der Waals surface area (Å²) in [5.41, 5.74) is 1.72. The van der Waals surface area contributed by atoms with Crippen LogP contribution >= 0.6 is 0 Å². The number of benzene rings is 1. The maximum atomic E-state index is 12.5. The molecule has 1 fully saturated rings. The quantitative estimate of drug-likeness (QED) is 0.871. The minimum absolute atomic E-state index is 0.0301. The summed E-state index contributed by atoms with van der Waals surface area (Å²) in [6.45, 7) is 1.41. The first-order chi connectivity index (χ1) is 11.2. The lowest BCUT2D eigenvalue weighted by Crippen LogP contribution is -2.28. The summed E-state index contributed by atoms with van der Waals surface area (Å²) in [6.07, 6.45) is 4.20. The minimum Gasteiger partial charge on any atom is -0.497 e. The van der Waals surface area contributed by atoms with Gasteiger partial charge in [0.15, 0.2) is 0 Å². The van der Waals surface area contributed by atoms with E-state index in [0.29, 0.717) is 12.1 Å². The summed E-state index contributed by atoms with van der Waals surface area (Å²) in [5.74, 6) is 1.92. The number of methoxy groups -OCH3 is 2. The number of carbonyl (C=O) groups is 1. The molecule has 2 heterocycles. The zero-order chi connectivity index (χ0) is 16.2. The summed E-state index contributed by atoms with van der Waals surface area (Å²) < 4.78 is 10.8. The van der Waals surface area contributed by atoms with E-state index >= 15 is 0 Å². The Morgan fingerprint density at radius 3 is 2.83 bits per heavy atom. The van der Waals surface area contributed by atoms with Gasteiger partial charge in [0.1, 0.15) is 11.5 Å². The van der Waals surface area contributed by atoms with E-state index in [1.165, 1.54) is 0 Å². The number of ether oxygens (including phenoxy) is 2. The highest BCUT2D eigenvalue weighted by molar-refractivity contribution is 5.94. The Morgan fingerprint density at radius 2 is 2.13 bits per heavy atom. The third-order valence-corrected chi connectivity index (χ3v) is 4.26. The monoisotopic (exact) mass is 312 g/mol. The first-order valence-corrected chi connectivity index (χ1v) is 7.64. The zero-order valence-corrected chi connectivity index (χ0v) is 13.4. The molecule has 2 aromatic rings. The molecule has 0 saturated carbocycles. The van der Waals surface area contributed by atoms with Gasteiger partial charge in [0.25, 0.3) is 5.91 Å². The molecule has 0 radical (unpaired) electrons. The molecule has 1 saturated heterocycles. The number of hydrogen-bond donors (Lipinski definition) is 0. The van der Waals surface area contributed by atoms with Gasteiger partial charge in [-0.15, -0.1) is 0 Å². The Balaban J connectivity index is 1.79. The molecule has 0 spiro atoms. The lowest BCUT2D eigenvalue weighted by molar-refractivity contribution is 0.0790. The fraction of sp³-hybridized carbons (Fsp3) is 0.333. The van der Waals surface area contributed by atoms with Crippen LogP contribution in [0.25, 0.3) is 0 Å². The number of nitrogens with zero attached hydrogens (tertiary/aromatic N) is 2. The Morgan fingerprint density at radius 1 is 1.26 bits per heavy atom. The Bertz CT molecular complexity index is 688. The highest BCUT2D eigenvalue weighted by Gasteiger charge is 2.30. The van der Waals surface area contributed by atoms with E-state index in [4.69, 9.17) is 9.47 Å². The predicted molar refractivity (Wildman–Crippen MR) is 87.0 cm³/mol. The van der Waals surface area contributed by atoms with Gasteiger partial charge >= 0.3 is 0 Å². The van der Waals surface area contributed by atoms with E-state index in [1.807, 2.05) is 23.1 Å². The van der Waals surface area contributed by atoms with E-state index in [2.05, 4.69) is 4.98 Å². The summed E-state index contributed by atoms with van der Waals surface area (Å²) in [7, 11) is 3.32. The van der Waals surface area contributed by atoms with Crippen LogP contribution in [-0.4, -0.2) is 43.1 Å². The van der Waals surface area contributed by atoms with Crippen molar-refractivity contribution in [3.8, 4) is 11.5 Å². The summed E-state index contributed by atoms with van der Waals surface area (Å²) in [6, 6.07) is 9.39. The molecule has 5 heteroatoms. The van der Waals surface area contributed by atoms with Crippen LogP contribution in [0.2, 0.25) is 0 Å². The third kappa shape index (κ3) is 3.13. The molecule has 0 N–H and O–H groups in total. The van der Waals surface area contributed by atoms with Crippen LogP contribution in [0, 0.1) is 0 Å². The molecule has 1 aliphatic rings. The maximum Gasteiger partial charge on any atom is 0.255 e. The van der Waals surface area contributed by atoms with Gasteiger partial charge in [0.05, 0.1) is 19.8 Å². The molecule has 0 bridgehead atoms. The van der Waals surface area contributed by atoms with Crippen LogP contribution in [0.3, 0.4) is 0 Å².